The van der Waals surface area contributed by atoms with Crippen LogP contribution in [0.4, 0.5) is 0 Å². The number of nitrogens with one attached hydrogen (secondary N) is 1. The fraction of sp³-hybridized carbons (Fsp3) is 0.355. The van der Waals surface area contributed by atoms with E-state index in [1.807, 2.05) is 0 Å². The average molecular weight is 597 g/mol. The fourth-order valence-corrected chi connectivity index (χ4v) is 6.00. The number of amides is 1. The number of benzene rings is 3. The van der Waals surface area contributed by atoms with E-state index in [0.717, 1.165) is 0 Å². The Morgan fingerprint density at radius 2 is 1.74 bits per heavy atom. The number of carbonyl (C=O) groups excluding carboxylic acids is 1. The van der Waals surface area contributed by atoms with E-state index in [1.165, 1.54) is 19.2 Å². The number of aliphatic hydroxyl groups excluding tert-OH is 1. The number of carbonyl (C=O) groups is 1. The van der Waals surface area contributed by atoms with E-state index >= 15 is 0 Å². The lowest BCUT2D eigenvalue weighted by molar-refractivity contribution is -0.128. The molecule has 1 amide bonds. The van der Waals surface area contributed by atoms with E-state index < -0.39 is 27.4 Å². The minimum atomic E-state index is -3.70. The molecule has 224 valence electrons. The zero-order valence-electron chi connectivity index (χ0n) is 23.9. The molecule has 2 N–H and O–H groups in total. The Balaban J connectivity index is 1.61. The van der Waals surface area contributed by atoms with Crippen molar-refractivity contribution >= 4 is 21.6 Å². The highest BCUT2D eigenvalue weighted by atomic mass is 32.2. The fourth-order valence-electron chi connectivity index (χ4n) is 4.61. The third-order valence-corrected chi connectivity index (χ3v) is 8.85. The van der Waals surface area contributed by atoms with Gasteiger partial charge < -0.3 is 29.4 Å². The standard InChI is InChI=1S/C31H36N2O8S/c1-22-31(16-19-42(36,37)27-8-5-4-6-9-27,30(35)32-21-24-12-15-26(38-2)20-28(24)39-3)33-29(41-22)23-10-13-25(14-11-23)40-18-7-17-34/h4-6,8-15,20,22,34H,7,16-19,21H2,1-3H3,(H,32,35)/t22-,31-/m1/s1. The molecule has 0 aliphatic carbocycles. The molecule has 0 saturated heterocycles. The van der Waals surface area contributed by atoms with E-state index in [2.05, 4.69) is 5.32 Å². The van der Waals surface area contributed by atoms with E-state index in [1.54, 1.807) is 74.7 Å². The number of rotatable bonds is 14. The number of nitrogens with zero attached hydrogens (tertiary/aromatic N) is 1. The van der Waals surface area contributed by atoms with Gasteiger partial charge >= 0.3 is 0 Å². The van der Waals surface area contributed by atoms with Crippen molar-refractivity contribution < 1.29 is 37.3 Å². The van der Waals surface area contributed by atoms with E-state index in [0.29, 0.717) is 41.4 Å². The topological polar surface area (TPSA) is 133 Å². The number of aliphatic imine (C=N–C) groups is 1. The molecule has 4 rings (SSSR count). The van der Waals surface area contributed by atoms with Crippen LogP contribution in [0.1, 0.15) is 30.9 Å². The van der Waals surface area contributed by atoms with Crippen LogP contribution < -0.4 is 19.5 Å². The Bertz CT molecular complexity index is 1490. The highest BCUT2D eigenvalue weighted by Gasteiger charge is 2.50. The summed E-state index contributed by atoms with van der Waals surface area (Å²) < 4.78 is 48.8. The van der Waals surface area contributed by atoms with Gasteiger partial charge in [0, 0.05) is 36.8 Å². The minimum absolute atomic E-state index is 0.0377. The molecule has 1 aliphatic rings. The van der Waals surface area contributed by atoms with Crippen molar-refractivity contribution in [2.24, 2.45) is 4.99 Å². The van der Waals surface area contributed by atoms with Crippen LogP contribution in [0, 0.1) is 0 Å². The molecule has 0 bridgehead atoms. The summed E-state index contributed by atoms with van der Waals surface area (Å²) in [5.41, 5.74) is -0.173. The van der Waals surface area contributed by atoms with Crippen molar-refractivity contribution in [3.63, 3.8) is 0 Å². The number of aliphatic hydroxyl groups is 1. The van der Waals surface area contributed by atoms with Gasteiger partial charge in [-0.25, -0.2) is 13.4 Å². The van der Waals surface area contributed by atoms with Gasteiger partial charge in [-0.2, -0.15) is 0 Å². The lowest BCUT2D eigenvalue weighted by atomic mass is 9.90. The molecule has 3 aromatic carbocycles. The minimum Gasteiger partial charge on any atom is -0.497 e. The molecule has 1 aliphatic heterocycles. The first-order valence-corrected chi connectivity index (χ1v) is 15.3. The second-order valence-electron chi connectivity index (χ2n) is 9.79. The summed E-state index contributed by atoms with van der Waals surface area (Å²) in [6.07, 6.45) is -0.333. The molecule has 0 saturated carbocycles. The van der Waals surface area contributed by atoms with Gasteiger partial charge in [0.25, 0.3) is 5.91 Å². The average Bonchev–Trinajstić information content (AvgIpc) is 3.36. The van der Waals surface area contributed by atoms with E-state index in [-0.39, 0.29) is 36.1 Å². The molecule has 3 aromatic rings. The molecule has 0 unspecified atom stereocenters. The Labute approximate surface area is 246 Å². The largest absolute Gasteiger partial charge is 0.497 e. The van der Waals surface area contributed by atoms with Gasteiger partial charge in [-0.05, 0) is 61.9 Å². The van der Waals surface area contributed by atoms with Gasteiger partial charge in [0.1, 0.15) is 23.4 Å². The number of ether oxygens (including phenoxy) is 4. The summed E-state index contributed by atoms with van der Waals surface area (Å²) in [4.78, 5) is 18.8. The summed E-state index contributed by atoms with van der Waals surface area (Å²) in [6, 6.07) is 20.4. The van der Waals surface area contributed by atoms with Crippen LogP contribution in [0.2, 0.25) is 0 Å². The third-order valence-electron chi connectivity index (χ3n) is 7.12. The van der Waals surface area contributed by atoms with E-state index in [4.69, 9.17) is 29.0 Å². The van der Waals surface area contributed by atoms with Gasteiger partial charge in [0.05, 0.1) is 31.5 Å². The van der Waals surface area contributed by atoms with Crippen LogP contribution >= 0.6 is 0 Å². The number of hydrogen-bond acceptors (Lipinski definition) is 9. The van der Waals surface area contributed by atoms with Gasteiger partial charge in [-0.1, -0.05) is 18.2 Å². The molecule has 0 aromatic heterocycles. The first-order chi connectivity index (χ1) is 20.2. The zero-order valence-corrected chi connectivity index (χ0v) is 24.7. The van der Waals surface area contributed by atoms with Crippen LogP contribution in [-0.2, 0) is 25.9 Å². The summed E-state index contributed by atoms with van der Waals surface area (Å²) >= 11 is 0. The van der Waals surface area contributed by atoms with Gasteiger partial charge in [-0.15, -0.1) is 0 Å². The third kappa shape index (κ3) is 7.03. The SMILES string of the molecule is COc1ccc(CNC(=O)[C@]2(CCS(=O)(=O)c3ccccc3)N=C(c3ccc(OCCCO)cc3)O[C@@H]2C)c(OC)c1. The maximum atomic E-state index is 13.9. The Hall–Kier alpha value is -4.09. The Kier molecular flexibility index (Phi) is 10.1. The molecule has 2 atom stereocenters. The molecule has 0 spiro atoms. The second-order valence-corrected chi connectivity index (χ2v) is 11.9. The van der Waals surface area contributed by atoms with Crippen molar-refractivity contribution in [2.75, 3.05) is 33.2 Å². The normalized spacial score (nSPS) is 18.1. The molecule has 0 radical (unpaired) electrons. The van der Waals surface area contributed by atoms with Crippen molar-refractivity contribution in [1.82, 2.24) is 5.32 Å². The van der Waals surface area contributed by atoms with Gasteiger partial charge in [-0.3, -0.25) is 4.79 Å². The second kappa shape index (κ2) is 13.7. The summed E-state index contributed by atoms with van der Waals surface area (Å²) in [6.45, 7) is 2.25. The molecule has 1 heterocycles. The monoisotopic (exact) mass is 596 g/mol. The predicted octanol–water partition coefficient (Wildman–Crippen LogP) is 3.55. The van der Waals surface area contributed by atoms with E-state index in [9.17, 15) is 13.2 Å². The molecule has 10 nitrogen and oxygen atoms in total. The molecule has 11 heteroatoms. The van der Waals surface area contributed by atoms with Crippen LogP contribution in [0.5, 0.6) is 17.2 Å². The van der Waals surface area contributed by atoms with Crippen molar-refractivity contribution in [1.29, 1.82) is 0 Å². The molecule has 42 heavy (non-hydrogen) atoms. The Morgan fingerprint density at radius 1 is 1.02 bits per heavy atom. The predicted molar refractivity (Wildman–Crippen MR) is 158 cm³/mol. The quantitative estimate of drug-likeness (QED) is 0.270. The molecule has 0 fully saturated rings. The first kappa shape index (κ1) is 30.9. The molecular formula is C31H36N2O8S. The lowest BCUT2D eigenvalue weighted by Gasteiger charge is -2.28. The highest BCUT2D eigenvalue weighted by Crippen LogP contribution is 2.34. The maximum absolute atomic E-state index is 13.9. The van der Waals surface area contributed by atoms with Gasteiger partial charge in [0.15, 0.2) is 15.4 Å². The summed E-state index contributed by atoms with van der Waals surface area (Å²) in [7, 11) is -0.616. The lowest BCUT2D eigenvalue weighted by Crippen LogP contribution is -2.51. The number of sulfone groups is 1. The van der Waals surface area contributed by atoms with Crippen molar-refractivity contribution in [3.05, 3.63) is 83.9 Å². The van der Waals surface area contributed by atoms with Crippen LogP contribution in [-0.4, -0.2) is 70.2 Å². The Morgan fingerprint density at radius 3 is 2.40 bits per heavy atom. The number of methoxy groups -OCH3 is 2. The van der Waals surface area contributed by atoms with Crippen molar-refractivity contribution in [2.45, 2.75) is 42.8 Å². The van der Waals surface area contributed by atoms with Crippen molar-refractivity contribution in [3.8, 4) is 17.2 Å². The van der Waals surface area contributed by atoms with Gasteiger partial charge in [0.2, 0.25) is 5.90 Å². The maximum Gasteiger partial charge on any atom is 0.252 e. The zero-order chi connectivity index (χ0) is 30.2. The smallest absolute Gasteiger partial charge is 0.252 e. The van der Waals surface area contributed by atoms with Crippen LogP contribution in [0.3, 0.4) is 0 Å². The first-order valence-electron chi connectivity index (χ1n) is 13.6. The summed E-state index contributed by atoms with van der Waals surface area (Å²) in [5.74, 6) is 1.23. The van der Waals surface area contributed by atoms with Crippen LogP contribution in [0.25, 0.3) is 0 Å². The highest BCUT2D eigenvalue weighted by molar-refractivity contribution is 7.91. The molecular weight excluding hydrogens is 560 g/mol. The van der Waals surface area contributed by atoms with Crippen LogP contribution in [0.15, 0.2) is 82.7 Å². The summed E-state index contributed by atoms with van der Waals surface area (Å²) in [5, 5.41) is 11.9. The number of hydrogen-bond donors (Lipinski definition) is 2.